The fourth-order valence-corrected chi connectivity index (χ4v) is 6.13. The lowest BCUT2D eigenvalue weighted by atomic mass is 9.96. The number of carboxylic acid groups (broad SMARTS) is 1. The lowest BCUT2D eigenvalue weighted by Gasteiger charge is -2.21. The molecule has 244 valence electrons. The predicted octanol–water partition coefficient (Wildman–Crippen LogP) is 5.84. The van der Waals surface area contributed by atoms with Crippen molar-refractivity contribution in [2.24, 2.45) is 0 Å². The van der Waals surface area contributed by atoms with Gasteiger partial charge in [-0.25, -0.2) is 4.39 Å². The number of aliphatic hydroxyl groups excluding tert-OH is 1. The molecule has 2 atom stereocenters. The summed E-state index contributed by atoms with van der Waals surface area (Å²) in [5.41, 5.74) is 4.64. The van der Waals surface area contributed by atoms with Gasteiger partial charge in [-0.2, -0.15) is 10.5 Å². The molecule has 0 radical (unpaired) electrons. The quantitative estimate of drug-likeness (QED) is 0.177. The van der Waals surface area contributed by atoms with Gasteiger partial charge in [-0.3, -0.25) is 10.1 Å². The summed E-state index contributed by atoms with van der Waals surface area (Å²) >= 11 is 6.71. The summed E-state index contributed by atoms with van der Waals surface area (Å²) in [4.78, 5) is 11.5. The molecule has 0 saturated heterocycles. The highest BCUT2D eigenvalue weighted by molar-refractivity contribution is 6.32. The SMILES string of the molecule is N#Cc1cc(C#N)cc(COc2cc(O[C@H]3CCc4c(-c5ccc6c(c5F)OCCO6)cccc43)c(Cl)cc2CNC(CO)C(=O)O)c1. The van der Waals surface area contributed by atoms with E-state index < -0.39 is 30.5 Å². The Morgan fingerprint density at radius 2 is 1.81 bits per heavy atom. The Bertz CT molecular complexity index is 1940. The highest BCUT2D eigenvalue weighted by atomic mass is 35.5. The van der Waals surface area contributed by atoms with E-state index in [4.69, 9.17) is 30.5 Å². The van der Waals surface area contributed by atoms with Crippen molar-refractivity contribution < 1.29 is 38.3 Å². The molecule has 10 nitrogen and oxygen atoms in total. The van der Waals surface area contributed by atoms with Crippen molar-refractivity contribution in [3.8, 4) is 46.3 Å². The van der Waals surface area contributed by atoms with Gasteiger partial charge in [0, 0.05) is 23.7 Å². The van der Waals surface area contributed by atoms with Crippen LogP contribution in [0.25, 0.3) is 11.1 Å². The lowest BCUT2D eigenvalue weighted by molar-refractivity contribution is -0.140. The molecule has 0 aromatic heterocycles. The van der Waals surface area contributed by atoms with Gasteiger partial charge in [0.05, 0.1) is 34.9 Å². The standard InChI is InChI=1S/C36H29ClFN3O7/c37-28-13-23(17-41-29(18-42)36(43)44)32(47-19-22-11-20(15-39)10-21(12-22)16-40)14-33(28)48-30-6-4-25-24(2-1-3-26(25)30)27-5-7-31-35(34(27)38)46-9-8-45-31/h1-3,5,7,10-14,29-30,41-42H,4,6,8-9,17-19H2,(H,43,44)/t29?,30-/m0/s1. The summed E-state index contributed by atoms with van der Waals surface area (Å²) in [5.74, 6) is -0.598. The average molecular weight is 670 g/mol. The molecule has 0 saturated carbocycles. The van der Waals surface area contributed by atoms with E-state index in [2.05, 4.69) is 5.32 Å². The Hall–Kier alpha value is -5.33. The Kier molecular flexibility index (Phi) is 9.65. The molecule has 0 spiro atoms. The number of hydrogen-bond acceptors (Lipinski definition) is 9. The number of fused-ring (bicyclic) bond motifs is 2. The van der Waals surface area contributed by atoms with E-state index in [9.17, 15) is 25.5 Å². The van der Waals surface area contributed by atoms with Gasteiger partial charge < -0.3 is 29.2 Å². The van der Waals surface area contributed by atoms with Crippen LogP contribution in [-0.4, -0.2) is 42.0 Å². The molecule has 1 aliphatic heterocycles. The molecular weight excluding hydrogens is 641 g/mol. The second-order valence-corrected chi connectivity index (χ2v) is 11.7. The number of carbonyl (C=O) groups is 1. The van der Waals surface area contributed by atoms with Crippen LogP contribution in [0.1, 0.15) is 45.9 Å². The van der Waals surface area contributed by atoms with Gasteiger partial charge >= 0.3 is 5.97 Å². The van der Waals surface area contributed by atoms with E-state index >= 15 is 4.39 Å². The number of ether oxygens (including phenoxy) is 4. The second-order valence-electron chi connectivity index (χ2n) is 11.2. The van der Waals surface area contributed by atoms with Crippen LogP contribution in [0.2, 0.25) is 5.02 Å². The van der Waals surface area contributed by atoms with Crippen LogP contribution in [-0.2, 0) is 24.4 Å². The molecule has 1 unspecified atom stereocenters. The third-order valence-electron chi connectivity index (χ3n) is 8.20. The normalized spacial score (nSPS) is 15.1. The summed E-state index contributed by atoms with van der Waals surface area (Å²) in [5, 5.41) is 40.7. The van der Waals surface area contributed by atoms with E-state index in [-0.39, 0.29) is 30.5 Å². The van der Waals surface area contributed by atoms with Crippen LogP contribution in [0.15, 0.2) is 60.7 Å². The molecule has 2 aliphatic rings. The maximum atomic E-state index is 15.6. The van der Waals surface area contributed by atoms with Crippen LogP contribution >= 0.6 is 11.6 Å². The van der Waals surface area contributed by atoms with Crippen LogP contribution in [0.4, 0.5) is 4.39 Å². The van der Waals surface area contributed by atoms with E-state index in [1.54, 1.807) is 36.4 Å². The molecule has 4 aromatic carbocycles. The van der Waals surface area contributed by atoms with Gasteiger partial charge in [-0.15, -0.1) is 0 Å². The Morgan fingerprint density at radius 1 is 1.04 bits per heavy atom. The molecule has 12 heteroatoms. The first kappa shape index (κ1) is 32.6. The van der Waals surface area contributed by atoms with Crippen LogP contribution in [0.5, 0.6) is 23.0 Å². The molecule has 1 heterocycles. The monoisotopic (exact) mass is 669 g/mol. The number of nitrogens with one attached hydrogen (secondary N) is 1. The Balaban J connectivity index is 1.29. The lowest BCUT2D eigenvalue weighted by Crippen LogP contribution is -2.39. The van der Waals surface area contributed by atoms with Crippen LogP contribution < -0.4 is 24.3 Å². The van der Waals surface area contributed by atoms with Crippen molar-refractivity contribution in [1.29, 1.82) is 10.5 Å². The minimum atomic E-state index is -1.22. The highest BCUT2D eigenvalue weighted by Crippen LogP contribution is 2.45. The van der Waals surface area contributed by atoms with Crippen molar-refractivity contribution in [1.82, 2.24) is 5.32 Å². The number of carboxylic acids is 1. The minimum Gasteiger partial charge on any atom is -0.488 e. The van der Waals surface area contributed by atoms with Gasteiger partial charge in [0.15, 0.2) is 17.3 Å². The van der Waals surface area contributed by atoms with Crippen LogP contribution in [0.3, 0.4) is 0 Å². The second kappa shape index (κ2) is 14.2. The third kappa shape index (κ3) is 6.71. The molecule has 48 heavy (non-hydrogen) atoms. The first-order valence-corrected chi connectivity index (χ1v) is 15.5. The molecule has 3 N–H and O–H groups in total. The number of nitriles is 2. The van der Waals surface area contributed by atoms with Gasteiger partial charge in [0.1, 0.15) is 43.5 Å². The zero-order chi connectivity index (χ0) is 33.8. The molecule has 6 rings (SSSR count). The number of rotatable bonds is 11. The van der Waals surface area contributed by atoms with Crippen molar-refractivity contribution in [2.75, 3.05) is 19.8 Å². The topological polar surface area (TPSA) is 154 Å². The first-order chi connectivity index (χ1) is 23.3. The maximum Gasteiger partial charge on any atom is 0.323 e. The van der Waals surface area contributed by atoms with Crippen LogP contribution in [0, 0.1) is 28.5 Å². The van der Waals surface area contributed by atoms with Crippen molar-refractivity contribution in [3.63, 3.8) is 0 Å². The number of aliphatic carboxylic acids is 1. The summed E-state index contributed by atoms with van der Waals surface area (Å²) in [6.45, 7) is -0.0211. The number of benzene rings is 4. The molecule has 0 fully saturated rings. The summed E-state index contributed by atoms with van der Waals surface area (Å²) in [6, 6.07) is 19.8. The van der Waals surface area contributed by atoms with Gasteiger partial charge in [-0.05, 0) is 71.5 Å². The molecule has 4 aromatic rings. The third-order valence-corrected chi connectivity index (χ3v) is 8.50. The van der Waals surface area contributed by atoms with Gasteiger partial charge in [0.2, 0.25) is 0 Å². The minimum absolute atomic E-state index is 0.00867. The summed E-state index contributed by atoms with van der Waals surface area (Å²) in [6.07, 6.45) is 0.815. The maximum absolute atomic E-state index is 15.6. The summed E-state index contributed by atoms with van der Waals surface area (Å²) in [7, 11) is 0. The Morgan fingerprint density at radius 3 is 2.54 bits per heavy atom. The fourth-order valence-electron chi connectivity index (χ4n) is 5.90. The van der Waals surface area contributed by atoms with Gasteiger partial charge in [-0.1, -0.05) is 29.8 Å². The molecule has 0 amide bonds. The molecular formula is C36H29ClFN3O7. The van der Waals surface area contributed by atoms with E-state index in [0.29, 0.717) is 64.5 Å². The number of halogens is 2. The zero-order valence-electron chi connectivity index (χ0n) is 25.5. The van der Waals surface area contributed by atoms with E-state index in [0.717, 1.165) is 16.7 Å². The number of aliphatic hydroxyl groups is 1. The predicted molar refractivity (Wildman–Crippen MR) is 172 cm³/mol. The Labute approximate surface area is 280 Å². The number of nitrogens with zero attached hydrogens (tertiary/aromatic N) is 2. The number of hydrogen-bond donors (Lipinski definition) is 3. The zero-order valence-corrected chi connectivity index (χ0v) is 26.2. The van der Waals surface area contributed by atoms with E-state index in [1.165, 1.54) is 6.07 Å². The smallest absolute Gasteiger partial charge is 0.323 e. The first-order valence-electron chi connectivity index (χ1n) is 15.1. The van der Waals surface area contributed by atoms with Gasteiger partial charge in [0.25, 0.3) is 0 Å². The van der Waals surface area contributed by atoms with Crippen molar-refractivity contribution in [3.05, 3.63) is 105 Å². The van der Waals surface area contributed by atoms with Crippen molar-refractivity contribution >= 4 is 17.6 Å². The summed E-state index contributed by atoms with van der Waals surface area (Å²) < 4.78 is 39.3. The average Bonchev–Trinajstić information content (AvgIpc) is 3.51. The fraction of sp³-hybridized carbons (Fsp3) is 0.250. The molecule has 1 aliphatic carbocycles. The van der Waals surface area contributed by atoms with Crippen molar-refractivity contribution in [2.45, 2.75) is 38.1 Å². The largest absolute Gasteiger partial charge is 0.488 e. The molecule has 0 bridgehead atoms. The highest BCUT2D eigenvalue weighted by Gasteiger charge is 2.30. The van der Waals surface area contributed by atoms with E-state index in [1.807, 2.05) is 30.3 Å².